The quantitative estimate of drug-likeness (QED) is 0.709. The van der Waals surface area contributed by atoms with E-state index < -0.39 is 10.0 Å². The largest absolute Gasteiger partial charge is 0.326 e. The molecule has 4 rings (SSSR count). The number of nitrogens with one attached hydrogen (secondary N) is 1. The highest BCUT2D eigenvalue weighted by Crippen LogP contribution is 2.45. The van der Waals surface area contributed by atoms with Crippen molar-refractivity contribution in [2.24, 2.45) is 0 Å². The molecule has 2 fully saturated rings. The molecule has 2 aliphatic heterocycles. The topological polar surface area (TPSA) is 66.5 Å². The first kappa shape index (κ1) is 20.3. The predicted molar refractivity (Wildman–Crippen MR) is 119 cm³/mol. The number of anilines is 1. The van der Waals surface area contributed by atoms with Gasteiger partial charge >= 0.3 is 0 Å². The fraction of sp³-hybridized carbons (Fsp3) is 0.421. The number of rotatable bonds is 6. The zero-order valence-electron chi connectivity index (χ0n) is 15.3. The van der Waals surface area contributed by atoms with Crippen LogP contribution in [0, 0.1) is 0 Å². The number of hydrogen-bond acceptors (Lipinski definition) is 6. The third-order valence-corrected chi connectivity index (χ3v) is 11.3. The van der Waals surface area contributed by atoms with Crippen LogP contribution in [-0.2, 0) is 21.2 Å². The predicted octanol–water partition coefficient (Wildman–Crippen LogP) is 4.19. The van der Waals surface area contributed by atoms with Crippen LogP contribution in [0.4, 0.5) is 5.69 Å². The summed E-state index contributed by atoms with van der Waals surface area (Å²) in [6.45, 7) is 1.17. The van der Waals surface area contributed by atoms with Crippen molar-refractivity contribution in [1.29, 1.82) is 0 Å². The highest BCUT2D eigenvalue weighted by molar-refractivity contribution is 8.19. The summed E-state index contributed by atoms with van der Waals surface area (Å²) in [6, 6.07) is 11.4. The molecular formula is C19H22N2O3S4. The van der Waals surface area contributed by atoms with Crippen LogP contribution in [0.1, 0.15) is 27.9 Å². The molecule has 3 heterocycles. The van der Waals surface area contributed by atoms with Crippen LogP contribution in [0.3, 0.4) is 0 Å². The highest BCUT2D eigenvalue weighted by Gasteiger charge is 2.28. The Morgan fingerprint density at radius 2 is 1.86 bits per heavy atom. The van der Waals surface area contributed by atoms with Gasteiger partial charge in [-0.15, -0.1) is 34.9 Å². The molecule has 28 heavy (non-hydrogen) atoms. The molecule has 0 atom stereocenters. The molecule has 5 nitrogen and oxygen atoms in total. The van der Waals surface area contributed by atoms with E-state index in [1.165, 1.54) is 21.2 Å². The number of thiophene rings is 1. The monoisotopic (exact) mass is 454 g/mol. The Morgan fingerprint density at radius 1 is 1.11 bits per heavy atom. The first-order chi connectivity index (χ1) is 13.5. The molecule has 1 amide bonds. The maximum atomic E-state index is 12.6. The van der Waals surface area contributed by atoms with Crippen LogP contribution in [0.25, 0.3) is 0 Å². The van der Waals surface area contributed by atoms with E-state index in [0.717, 1.165) is 34.9 Å². The lowest BCUT2D eigenvalue weighted by Gasteiger charge is -2.13. The second-order valence-corrected chi connectivity index (χ2v) is 12.8. The smallest absolute Gasteiger partial charge is 0.252 e. The van der Waals surface area contributed by atoms with Gasteiger partial charge in [-0.25, -0.2) is 8.42 Å². The van der Waals surface area contributed by atoms with Crippen LogP contribution in [0.5, 0.6) is 0 Å². The number of benzene rings is 1. The Morgan fingerprint density at radius 3 is 2.61 bits per heavy atom. The number of sulfonamides is 1. The molecule has 0 saturated carbocycles. The first-order valence-corrected chi connectivity index (χ1v) is 13.6. The average Bonchev–Trinajstić information content (AvgIpc) is 3.43. The maximum absolute atomic E-state index is 12.6. The maximum Gasteiger partial charge on any atom is 0.252 e. The van der Waals surface area contributed by atoms with Gasteiger partial charge in [-0.1, -0.05) is 12.1 Å². The lowest BCUT2D eigenvalue weighted by molar-refractivity contribution is -0.115. The van der Waals surface area contributed by atoms with Crippen molar-refractivity contribution in [3.8, 4) is 0 Å². The van der Waals surface area contributed by atoms with Crippen molar-refractivity contribution in [1.82, 2.24) is 4.31 Å². The lowest BCUT2D eigenvalue weighted by Crippen LogP contribution is -2.27. The van der Waals surface area contributed by atoms with Crippen LogP contribution in [-0.4, -0.2) is 43.2 Å². The van der Waals surface area contributed by atoms with Gasteiger partial charge in [0.1, 0.15) is 4.21 Å². The van der Waals surface area contributed by atoms with E-state index in [1.54, 1.807) is 12.1 Å². The minimum atomic E-state index is -3.41. The van der Waals surface area contributed by atoms with Crippen LogP contribution in [0.2, 0.25) is 0 Å². The van der Waals surface area contributed by atoms with Crippen molar-refractivity contribution in [3.05, 3.63) is 46.8 Å². The summed E-state index contributed by atoms with van der Waals surface area (Å²) in [6.07, 6.45) is 2.00. The number of thioether (sulfide) groups is 2. The fourth-order valence-electron chi connectivity index (χ4n) is 3.32. The van der Waals surface area contributed by atoms with Crippen LogP contribution < -0.4 is 5.32 Å². The standard InChI is InChI=1S/C19H22N2O3S4/c22-17(20-15-5-3-4-14(12-15)19-25-10-11-26-19)13-16-6-7-18(27-16)28(23,24)21-8-1-2-9-21/h3-7,12,19H,1-2,8-11,13H2,(H,20,22). The molecule has 0 radical (unpaired) electrons. The number of carbonyl (C=O) groups is 1. The molecule has 150 valence electrons. The zero-order chi connectivity index (χ0) is 19.6. The normalized spacial score (nSPS) is 18.6. The number of amides is 1. The molecule has 0 unspecified atom stereocenters. The Balaban J connectivity index is 1.39. The van der Waals surface area contributed by atoms with Gasteiger partial charge in [-0.2, -0.15) is 4.31 Å². The average molecular weight is 455 g/mol. The third-order valence-electron chi connectivity index (χ3n) is 4.70. The Bertz CT molecular complexity index is 946. The molecule has 0 bridgehead atoms. The fourth-order valence-corrected chi connectivity index (χ4v) is 9.19. The second kappa shape index (κ2) is 8.79. The summed E-state index contributed by atoms with van der Waals surface area (Å²) in [4.78, 5) is 13.2. The third kappa shape index (κ3) is 4.59. The van der Waals surface area contributed by atoms with E-state index in [-0.39, 0.29) is 12.3 Å². The molecule has 0 aliphatic carbocycles. The molecule has 9 heteroatoms. The van der Waals surface area contributed by atoms with Crippen molar-refractivity contribution < 1.29 is 13.2 Å². The zero-order valence-corrected chi connectivity index (χ0v) is 18.6. The Kier molecular flexibility index (Phi) is 6.37. The van der Waals surface area contributed by atoms with Gasteiger partial charge in [0.15, 0.2) is 0 Å². The lowest BCUT2D eigenvalue weighted by atomic mass is 10.2. The van der Waals surface area contributed by atoms with E-state index in [9.17, 15) is 13.2 Å². The Hall–Kier alpha value is -1.000. The van der Waals surface area contributed by atoms with E-state index in [0.29, 0.717) is 21.9 Å². The van der Waals surface area contributed by atoms with Gasteiger partial charge in [-0.3, -0.25) is 4.79 Å². The van der Waals surface area contributed by atoms with Gasteiger partial charge in [0.05, 0.1) is 11.0 Å². The highest BCUT2D eigenvalue weighted by atomic mass is 32.2. The molecule has 1 aromatic carbocycles. The molecule has 0 spiro atoms. The van der Waals surface area contributed by atoms with Crippen molar-refractivity contribution in [3.63, 3.8) is 0 Å². The summed E-state index contributed by atoms with van der Waals surface area (Å²) in [5.74, 6) is 2.19. The van der Waals surface area contributed by atoms with Crippen molar-refractivity contribution in [2.75, 3.05) is 29.9 Å². The first-order valence-electron chi connectivity index (χ1n) is 9.24. The number of carbonyl (C=O) groups excluding carboxylic acids is 1. The van der Waals surface area contributed by atoms with Gasteiger partial charge in [0.25, 0.3) is 10.0 Å². The van der Waals surface area contributed by atoms with Crippen LogP contribution >= 0.6 is 34.9 Å². The molecular weight excluding hydrogens is 432 g/mol. The summed E-state index contributed by atoms with van der Waals surface area (Å²) >= 11 is 5.06. The van der Waals surface area contributed by atoms with Crippen LogP contribution in [0.15, 0.2) is 40.6 Å². The second-order valence-electron chi connectivity index (χ2n) is 6.76. The number of hydrogen-bond donors (Lipinski definition) is 1. The van der Waals surface area contributed by atoms with E-state index in [2.05, 4.69) is 11.4 Å². The Labute approximate surface area is 178 Å². The van der Waals surface area contributed by atoms with Gasteiger partial charge in [0, 0.05) is 35.2 Å². The van der Waals surface area contributed by atoms with Gasteiger partial charge in [-0.05, 0) is 42.7 Å². The molecule has 2 saturated heterocycles. The SMILES string of the molecule is O=C(Cc1ccc(S(=O)(=O)N2CCCC2)s1)Nc1cccc(C2SCCS2)c1. The van der Waals surface area contributed by atoms with E-state index >= 15 is 0 Å². The summed E-state index contributed by atoms with van der Waals surface area (Å²) in [5.41, 5.74) is 2.01. The molecule has 2 aliphatic rings. The van der Waals surface area contributed by atoms with Gasteiger partial charge in [0.2, 0.25) is 5.91 Å². The molecule has 2 aromatic rings. The molecule has 1 aromatic heterocycles. The summed E-state index contributed by atoms with van der Waals surface area (Å²) in [5, 5.41) is 2.95. The summed E-state index contributed by atoms with van der Waals surface area (Å²) < 4.78 is 27.5. The minimum absolute atomic E-state index is 0.129. The molecule has 1 N–H and O–H groups in total. The minimum Gasteiger partial charge on any atom is -0.326 e. The van der Waals surface area contributed by atoms with E-state index in [4.69, 9.17) is 0 Å². The van der Waals surface area contributed by atoms with Gasteiger partial charge < -0.3 is 5.32 Å². The van der Waals surface area contributed by atoms with Crippen molar-refractivity contribution in [2.45, 2.75) is 28.1 Å². The number of nitrogens with zero attached hydrogens (tertiary/aromatic N) is 1. The summed E-state index contributed by atoms with van der Waals surface area (Å²) in [7, 11) is -3.41. The van der Waals surface area contributed by atoms with Crippen molar-refractivity contribution >= 4 is 56.5 Å². The van der Waals surface area contributed by atoms with E-state index in [1.807, 2.05) is 41.7 Å².